The zero-order chi connectivity index (χ0) is 25.1. The quantitative estimate of drug-likeness (QED) is 0.248. The Morgan fingerprint density at radius 3 is 2.09 bits per heavy atom. The Morgan fingerprint density at radius 2 is 1.56 bits per heavy atom. The number of benzene rings is 2. The van der Waals surface area contributed by atoms with Gasteiger partial charge in [-0.1, -0.05) is 24.3 Å². The van der Waals surface area contributed by atoms with Gasteiger partial charge < -0.3 is 9.84 Å². The zero-order valence-electron chi connectivity index (χ0n) is 17.2. The van der Waals surface area contributed by atoms with Crippen LogP contribution in [0.15, 0.2) is 60.8 Å². The third kappa shape index (κ3) is 5.29. The van der Waals surface area contributed by atoms with E-state index in [4.69, 9.17) is 5.84 Å². The summed E-state index contributed by atoms with van der Waals surface area (Å²) in [6.45, 7) is -2.46. The number of rotatable bonds is 8. The Morgan fingerprint density at radius 1 is 0.912 bits per heavy atom. The number of hydrogen-bond acceptors (Lipinski definition) is 5. The first-order valence-electron chi connectivity index (χ1n) is 9.63. The van der Waals surface area contributed by atoms with E-state index in [9.17, 15) is 27.1 Å². The smallest absolute Gasteiger partial charge is 0.422 e. The standard InChI is InChI=1S/C22H18F7N3O2/c23-15-4-7-17(18(24)9-15)20(33,11-32-30)22(28,29)19-8-3-14(10-31-19)13-1-5-16(6-2-13)34-12-21(25,26)27/h1-10,32-33H,11-12,30H2. The summed E-state index contributed by atoms with van der Waals surface area (Å²) in [4.78, 5) is 3.68. The molecule has 1 unspecified atom stereocenters. The molecule has 0 saturated carbocycles. The van der Waals surface area contributed by atoms with Crippen molar-refractivity contribution in [2.45, 2.75) is 17.7 Å². The van der Waals surface area contributed by atoms with Crippen LogP contribution in [-0.2, 0) is 11.5 Å². The van der Waals surface area contributed by atoms with Crippen LogP contribution in [-0.4, -0.2) is 29.4 Å². The van der Waals surface area contributed by atoms with Gasteiger partial charge in [-0.05, 0) is 29.8 Å². The number of hydrazine groups is 1. The molecule has 1 aromatic heterocycles. The largest absolute Gasteiger partial charge is 0.484 e. The molecule has 0 aliphatic carbocycles. The van der Waals surface area contributed by atoms with Gasteiger partial charge in [0.15, 0.2) is 12.2 Å². The fourth-order valence-electron chi connectivity index (χ4n) is 3.22. The minimum atomic E-state index is -4.50. The fraction of sp³-hybridized carbons (Fsp3) is 0.227. The maximum atomic E-state index is 15.3. The van der Waals surface area contributed by atoms with Gasteiger partial charge in [-0.3, -0.25) is 16.3 Å². The highest BCUT2D eigenvalue weighted by molar-refractivity contribution is 5.63. The van der Waals surface area contributed by atoms with Crippen molar-refractivity contribution in [3.8, 4) is 16.9 Å². The molecular weight excluding hydrogens is 471 g/mol. The minimum absolute atomic E-state index is 0.0436. The summed E-state index contributed by atoms with van der Waals surface area (Å²) < 4.78 is 99.5. The Bertz CT molecular complexity index is 1120. The van der Waals surface area contributed by atoms with E-state index in [2.05, 4.69) is 9.72 Å². The highest BCUT2D eigenvalue weighted by Crippen LogP contribution is 2.45. The van der Waals surface area contributed by atoms with Gasteiger partial charge in [-0.15, -0.1) is 0 Å². The molecule has 34 heavy (non-hydrogen) atoms. The number of aromatic nitrogens is 1. The SMILES string of the molecule is NNCC(O)(c1ccc(F)cc1F)C(F)(F)c1ccc(-c2ccc(OCC(F)(F)F)cc2)cn1. The first-order chi connectivity index (χ1) is 15.9. The molecule has 2 aromatic carbocycles. The molecule has 0 aliphatic heterocycles. The summed E-state index contributed by atoms with van der Waals surface area (Å²) in [7, 11) is 0. The van der Waals surface area contributed by atoms with Crippen molar-refractivity contribution in [1.29, 1.82) is 0 Å². The average Bonchev–Trinajstić information content (AvgIpc) is 2.77. The summed E-state index contributed by atoms with van der Waals surface area (Å²) >= 11 is 0. The van der Waals surface area contributed by atoms with Gasteiger partial charge in [-0.2, -0.15) is 22.0 Å². The second kappa shape index (κ2) is 9.57. The van der Waals surface area contributed by atoms with Crippen molar-refractivity contribution in [3.63, 3.8) is 0 Å². The van der Waals surface area contributed by atoms with Gasteiger partial charge in [-0.25, -0.2) is 8.78 Å². The summed E-state index contributed by atoms with van der Waals surface area (Å²) in [6.07, 6.45) is -3.45. The number of pyridine rings is 1. The predicted molar refractivity (Wildman–Crippen MR) is 108 cm³/mol. The molecule has 5 nitrogen and oxygen atoms in total. The van der Waals surface area contributed by atoms with E-state index in [0.717, 1.165) is 12.3 Å². The number of halogens is 7. The lowest BCUT2D eigenvalue weighted by molar-refractivity contribution is -0.196. The van der Waals surface area contributed by atoms with Gasteiger partial charge in [0.2, 0.25) is 0 Å². The first kappa shape index (κ1) is 25.4. The Kier molecular flexibility index (Phi) is 7.15. The van der Waals surface area contributed by atoms with Crippen molar-refractivity contribution in [2.24, 2.45) is 5.84 Å². The number of ether oxygens (including phenoxy) is 1. The van der Waals surface area contributed by atoms with E-state index in [1.807, 2.05) is 5.43 Å². The summed E-state index contributed by atoms with van der Waals surface area (Å²) in [6, 6.07) is 9.24. The molecule has 0 bridgehead atoms. The van der Waals surface area contributed by atoms with Crippen LogP contribution >= 0.6 is 0 Å². The van der Waals surface area contributed by atoms with Gasteiger partial charge >= 0.3 is 12.1 Å². The third-order valence-corrected chi connectivity index (χ3v) is 4.93. The lowest BCUT2D eigenvalue weighted by Gasteiger charge is -2.35. The molecule has 12 heteroatoms. The van der Waals surface area contributed by atoms with E-state index in [-0.39, 0.29) is 5.75 Å². The molecule has 0 radical (unpaired) electrons. The maximum Gasteiger partial charge on any atom is 0.422 e. The second-order valence-electron chi connectivity index (χ2n) is 7.30. The van der Waals surface area contributed by atoms with Crippen molar-refractivity contribution >= 4 is 0 Å². The van der Waals surface area contributed by atoms with E-state index in [0.29, 0.717) is 29.3 Å². The number of nitrogens with two attached hydrogens (primary N) is 1. The lowest BCUT2D eigenvalue weighted by atomic mass is 9.84. The lowest BCUT2D eigenvalue weighted by Crippen LogP contribution is -2.52. The fourth-order valence-corrected chi connectivity index (χ4v) is 3.22. The van der Waals surface area contributed by atoms with Crippen LogP contribution in [0.1, 0.15) is 11.3 Å². The van der Waals surface area contributed by atoms with E-state index in [1.54, 1.807) is 0 Å². The minimum Gasteiger partial charge on any atom is -0.484 e. The molecule has 4 N–H and O–H groups in total. The van der Waals surface area contributed by atoms with Crippen molar-refractivity contribution < 1.29 is 40.6 Å². The van der Waals surface area contributed by atoms with Crippen LogP contribution in [0.25, 0.3) is 11.1 Å². The summed E-state index contributed by atoms with van der Waals surface area (Å²) in [5.74, 6) is -1.51. The second-order valence-corrected chi connectivity index (χ2v) is 7.30. The van der Waals surface area contributed by atoms with E-state index >= 15 is 8.78 Å². The molecule has 0 fully saturated rings. The molecule has 3 rings (SSSR count). The van der Waals surface area contributed by atoms with Gasteiger partial charge in [0.25, 0.3) is 0 Å². The molecule has 1 heterocycles. The number of alkyl halides is 5. The highest BCUT2D eigenvalue weighted by Gasteiger charge is 2.57. The first-order valence-corrected chi connectivity index (χ1v) is 9.63. The average molecular weight is 489 g/mol. The number of nitrogens with one attached hydrogen (secondary N) is 1. The van der Waals surface area contributed by atoms with Crippen molar-refractivity contribution in [2.75, 3.05) is 13.2 Å². The van der Waals surface area contributed by atoms with Gasteiger partial charge in [0, 0.05) is 29.9 Å². The Hall–Kier alpha value is -3.22. The molecular formula is C22H18F7N3O2. The van der Waals surface area contributed by atoms with Crippen LogP contribution in [0.4, 0.5) is 30.7 Å². The molecule has 182 valence electrons. The van der Waals surface area contributed by atoms with Crippen molar-refractivity contribution in [1.82, 2.24) is 10.4 Å². The van der Waals surface area contributed by atoms with Crippen molar-refractivity contribution in [3.05, 3.63) is 83.7 Å². The number of nitrogens with zero attached hydrogens (tertiary/aromatic N) is 1. The van der Waals surface area contributed by atoms with Gasteiger partial charge in [0.1, 0.15) is 23.1 Å². The third-order valence-electron chi connectivity index (χ3n) is 4.93. The molecule has 3 aromatic rings. The highest BCUT2D eigenvalue weighted by atomic mass is 19.4. The summed E-state index contributed by atoms with van der Waals surface area (Å²) in [5, 5.41) is 10.8. The van der Waals surface area contributed by atoms with Crippen LogP contribution in [0.3, 0.4) is 0 Å². The number of aliphatic hydroxyl groups is 1. The zero-order valence-corrected chi connectivity index (χ0v) is 17.2. The molecule has 1 atom stereocenters. The molecule has 0 amide bonds. The summed E-state index contributed by atoms with van der Waals surface area (Å²) in [5.41, 5.74) is -2.39. The van der Waals surface area contributed by atoms with Crippen LogP contribution < -0.4 is 16.0 Å². The molecule has 0 spiro atoms. The van der Waals surface area contributed by atoms with Crippen LogP contribution in [0.5, 0.6) is 5.75 Å². The van der Waals surface area contributed by atoms with E-state index < -0.39 is 53.7 Å². The van der Waals surface area contributed by atoms with Crippen LogP contribution in [0.2, 0.25) is 0 Å². The van der Waals surface area contributed by atoms with Crippen LogP contribution in [0, 0.1) is 11.6 Å². The molecule has 0 saturated heterocycles. The maximum absolute atomic E-state index is 15.3. The monoisotopic (exact) mass is 489 g/mol. The Balaban J connectivity index is 1.88. The van der Waals surface area contributed by atoms with E-state index in [1.165, 1.54) is 30.3 Å². The normalized spacial score (nSPS) is 14.0. The molecule has 0 aliphatic rings. The topological polar surface area (TPSA) is 80.4 Å². The number of hydrogen-bond donors (Lipinski definition) is 3. The van der Waals surface area contributed by atoms with Gasteiger partial charge in [0.05, 0.1) is 0 Å². The predicted octanol–water partition coefficient (Wildman–Crippen LogP) is 4.41. The Labute approximate surface area is 189 Å².